The number of hydrogen-bond donors (Lipinski definition) is 0. The third kappa shape index (κ3) is 4.75. The van der Waals surface area contributed by atoms with Gasteiger partial charge in [0.05, 0.1) is 19.6 Å². The molecule has 142 valence electrons. The van der Waals surface area contributed by atoms with Gasteiger partial charge in [-0.15, -0.1) is 0 Å². The lowest BCUT2D eigenvalue weighted by molar-refractivity contribution is -0.135. The highest BCUT2D eigenvalue weighted by atomic mass is 16.5. The number of carbonyl (C=O) groups excluding carboxylic acids is 2. The predicted molar refractivity (Wildman–Crippen MR) is 99.9 cm³/mol. The second-order valence-electron chi connectivity index (χ2n) is 7.54. The lowest BCUT2D eigenvalue weighted by Gasteiger charge is -2.36. The SMILES string of the molecule is CN(C)C(=O)CN1C[C@@H]2CC[C@H](C1)N(C(=O)CCOc1ccccc1)C2. The fourth-order valence-corrected chi connectivity index (χ4v) is 3.86. The molecular formula is C20H29N3O3. The van der Waals surface area contributed by atoms with Crippen LogP contribution in [0.15, 0.2) is 30.3 Å². The zero-order valence-corrected chi connectivity index (χ0v) is 15.8. The van der Waals surface area contributed by atoms with Crippen molar-refractivity contribution < 1.29 is 14.3 Å². The maximum atomic E-state index is 12.7. The van der Waals surface area contributed by atoms with Gasteiger partial charge in [0.15, 0.2) is 0 Å². The van der Waals surface area contributed by atoms with Gasteiger partial charge in [-0.1, -0.05) is 18.2 Å². The summed E-state index contributed by atoms with van der Waals surface area (Å²) in [6.45, 7) is 3.35. The van der Waals surface area contributed by atoms with E-state index in [0.29, 0.717) is 25.5 Å². The summed E-state index contributed by atoms with van der Waals surface area (Å²) < 4.78 is 5.67. The molecule has 2 atom stereocenters. The van der Waals surface area contributed by atoms with Crippen molar-refractivity contribution in [2.24, 2.45) is 5.92 Å². The molecule has 6 nitrogen and oxygen atoms in total. The van der Waals surface area contributed by atoms with Crippen molar-refractivity contribution in [1.29, 1.82) is 0 Å². The third-order valence-electron chi connectivity index (χ3n) is 5.30. The number of rotatable bonds is 6. The smallest absolute Gasteiger partial charge is 0.236 e. The Balaban J connectivity index is 1.52. The minimum Gasteiger partial charge on any atom is -0.493 e. The first-order valence-electron chi connectivity index (χ1n) is 9.42. The average molecular weight is 359 g/mol. The van der Waals surface area contributed by atoms with Crippen molar-refractivity contribution in [3.05, 3.63) is 30.3 Å². The summed E-state index contributed by atoms with van der Waals surface area (Å²) in [5.74, 6) is 1.55. The molecule has 3 saturated heterocycles. The summed E-state index contributed by atoms with van der Waals surface area (Å²) in [5, 5.41) is 0. The van der Waals surface area contributed by atoms with E-state index < -0.39 is 0 Å². The summed E-state index contributed by atoms with van der Waals surface area (Å²) in [6, 6.07) is 9.81. The number of ether oxygens (including phenoxy) is 1. The molecule has 3 aliphatic rings. The minimum absolute atomic E-state index is 0.125. The Morgan fingerprint density at radius 1 is 1.12 bits per heavy atom. The molecule has 0 aromatic heterocycles. The number of likely N-dealkylation sites (N-methyl/N-ethyl adjacent to an activating group) is 1. The Morgan fingerprint density at radius 3 is 2.62 bits per heavy atom. The number of nitrogens with zero attached hydrogens (tertiary/aromatic N) is 3. The molecule has 0 N–H and O–H groups in total. The average Bonchev–Trinajstić information content (AvgIpc) is 2.93. The molecule has 0 saturated carbocycles. The van der Waals surface area contributed by atoms with Crippen LogP contribution in [0.2, 0.25) is 0 Å². The van der Waals surface area contributed by atoms with Crippen molar-refractivity contribution in [3.8, 4) is 5.75 Å². The number of carbonyl (C=O) groups is 2. The summed E-state index contributed by atoms with van der Waals surface area (Å²) in [5.41, 5.74) is 0. The fourth-order valence-electron chi connectivity index (χ4n) is 3.86. The Bertz CT molecular complexity index is 620. The fraction of sp³-hybridized carbons (Fsp3) is 0.600. The maximum Gasteiger partial charge on any atom is 0.236 e. The van der Waals surface area contributed by atoms with Crippen molar-refractivity contribution in [1.82, 2.24) is 14.7 Å². The molecule has 1 aromatic carbocycles. The van der Waals surface area contributed by atoms with Gasteiger partial charge in [0, 0.05) is 39.8 Å². The Kier molecular flexibility index (Phi) is 6.14. The van der Waals surface area contributed by atoms with Gasteiger partial charge >= 0.3 is 0 Å². The largest absolute Gasteiger partial charge is 0.493 e. The second kappa shape index (κ2) is 8.54. The first kappa shape index (κ1) is 18.7. The molecule has 6 heteroatoms. The van der Waals surface area contributed by atoms with Crippen molar-refractivity contribution >= 4 is 11.8 Å². The Morgan fingerprint density at radius 2 is 1.88 bits per heavy atom. The van der Waals surface area contributed by atoms with Crippen molar-refractivity contribution in [2.75, 3.05) is 46.9 Å². The van der Waals surface area contributed by atoms with E-state index in [4.69, 9.17) is 4.74 Å². The van der Waals surface area contributed by atoms with E-state index in [2.05, 4.69) is 4.90 Å². The number of benzene rings is 1. The molecule has 0 aliphatic carbocycles. The number of para-hydroxylation sites is 1. The van der Waals surface area contributed by atoms with Gasteiger partial charge in [0.1, 0.15) is 5.75 Å². The highest BCUT2D eigenvalue weighted by Crippen LogP contribution is 2.28. The van der Waals surface area contributed by atoms with Crippen LogP contribution in [0.5, 0.6) is 5.75 Å². The Hall–Kier alpha value is -2.08. The van der Waals surface area contributed by atoms with E-state index >= 15 is 0 Å². The zero-order chi connectivity index (χ0) is 18.5. The van der Waals surface area contributed by atoms with Crippen molar-refractivity contribution in [3.63, 3.8) is 0 Å². The lowest BCUT2D eigenvalue weighted by atomic mass is 9.95. The summed E-state index contributed by atoms with van der Waals surface area (Å²) >= 11 is 0. The van der Waals surface area contributed by atoms with Crippen LogP contribution in [-0.2, 0) is 9.59 Å². The molecule has 3 fully saturated rings. The van der Waals surface area contributed by atoms with E-state index in [1.54, 1.807) is 19.0 Å². The molecule has 2 bridgehead atoms. The maximum absolute atomic E-state index is 12.7. The van der Waals surface area contributed by atoms with Crippen LogP contribution in [0.3, 0.4) is 0 Å². The molecule has 0 unspecified atom stereocenters. The van der Waals surface area contributed by atoms with Gasteiger partial charge in [-0.2, -0.15) is 0 Å². The van der Waals surface area contributed by atoms with Crippen LogP contribution < -0.4 is 4.74 Å². The predicted octanol–water partition coefficient (Wildman–Crippen LogP) is 1.47. The molecule has 0 spiro atoms. The molecule has 2 amide bonds. The standard InChI is InChI=1S/C20H29N3O3/c1-21(2)20(25)15-22-12-16-8-9-17(14-22)23(13-16)19(24)10-11-26-18-6-4-3-5-7-18/h3-7,16-17H,8-15H2,1-2H3/t16-,17+/m0/s1. The molecule has 4 rings (SSSR count). The van der Waals surface area contributed by atoms with E-state index in [1.165, 1.54) is 0 Å². The molecule has 0 radical (unpaired) electrons. The third-order valence-corrected chi connectivity index (χ3v) is 5.30. The van der Waals surface area contributed by atoms with E-state index in [9.17, 15) is 9.59 Å². The van der Waals surface area contributed by atoms with Crippen LogP contribution in [0.4, 0.5) is 0 Å². The number of hydrogen-bond acceptors (Lipinski definition) is 4. The summed E-state index contributed by atoms with van der Waals surface area (Å²) in [7, 11) is 3.58. The molecule has 3 heterocycles. The van der Waals surface area contributed by atoms with Crippen LogP contribution in [0.25, 0.3) is 0 Å². The first-order chi connectivity index (χ1) is 12.5. The monoisotopic (exact) mass is 359 g/mol. The second-order valence-corrected chi connectivity index (χ2v) is 7.54. The molecule has 26 heavy (non-hydrogen) atoms. The van der Waals surface area contributed by atoms with E-state index in [1.807, 2.05) is 35.2 Å². The van der Waals surface area contributed by atoms with Crippen molar-refractivity contribution in [2.45, 2.75) is 25.3 Å². The number of piperidine rings is 1. The van der Waals surface area contributed by atoms with E-state index in [-0.39, 0.29) is 17.9 Å². The highest BCUT2D eigenvalue weighted by Gasteiger charge is 2.37. The first-order valence-corrected chi connectivity index (χ1v) is 9.42. The van der Waals surface area contributed by atoms with Gasteiger partial charge in [-0.05, 0) is 30.9 Å². The molecule has 1 aromatic rings. The molecule has 3 aliphatic heterocycles. The number of fused-ring (bicyclic) bond motifs is 4. The van der Waals surface area contributed by atoms with Gasteiger partial charge in [-0.25, -0.2) is 0 Å². The van der Waals surface area contributed by atoms with Crippen LogP contribution in [0, 0.1) is 5.92 Å². The highest BCUT2D eigenvalue weighted by molar-refractivity contribution is 5.78. The normalized spacial score (nSPS) is 22.8. The topological polar surface area (TPSA) is 53.1 Å². The van der Waals surface area contributed by atoms with Gasteiger partial charge in [0.2, 0.25) is 11.8 Å². The summed E-state index contributed by atoms with van der Waals surface area (Å²) in [4.78, 5) is 30.6. The quantitative estimate of drug-likeness (QED) is 0.772. The van der Waals surface area contributed by atoms with Crippen LogP contribution in [0.1, 0.15) is 19.3 Å². The van der Waals surface area contributed by atoms with Crippen LogP contribution >= 0.6 is 0 Å². The lowest BCUT2D eigenvalue weighted by Crippen LogP contribution is -2.48. The van der Waals surface area contributed by atoms with Crippen LogP contribution in [-0.4, -0.2) is 79.4 Å². The minimum atomic E-state index is 0.125. The molecular weight excluding hydrogens is 330 g/mol. The summed E-state index contributed by atoms with van der Waals surface area (Å²) in [6.07, 6.45) is 2.57. The number of amides is 2. The zero-order valence-electron chi connectivity index (χ0n) is 15.8. The van der Waals surface area contributed by atoms with Gasteiger partial charge < -0.3 is 14.5 Å². The van der Waals surface area contributed by atoms with Gasteiger partial charge in [-0.3, -0.25) is 14.5 Å². The van der Waals surface area contributed by atoms with Gasteiger partial charge in [0.25, 0.3) is 0 Å². The Labute approximate surface area is 155 Å². The van der Waals surface area contributed by atoms with E-state index in [0.717, 1.165) is 38.2 Å².